The summed E-state index contributed by atoms with van der Waals surface area (Å²) in [7, 11) is 0. The van der Waals surface area contributed by atoms with Crippen LogP contribution in [0.25, 0.3) is 0 Å². The van der Waals surface area contributed by atoms with E-state index >= 15 is 0 Å². The molecule has 0 spiro atoms. The number of carbonyl (C=O) groups excluding carboxylic acids is 1. The van der Waals surface area contributed by atoms with E-state index in [1.165, 1.54) is 0 Å². The van der Waals surface area contributed by atoms with Crippen LogP contribution >= 0.6 is 11.6 Å². The van der Waals surface area contributed by atoms with Crippen molar-refractivity contribution in [2.24, 2.45) is 0 Å². The van der Waals surface area contributed by atoms with Crippen molar-refractivity contribution in [1.82, 2.24) is 5.32 Å². The third-order valence-corrected chi connectivity index (χ3v) is 3.62. The van der Waals surface area contributed by atoms with Gasteiger partial charge < -0.3 is 10.4 Å². The Labute approximate surface area is 129 Å². The summed E-state index contributed by atoms with van der Waals surface area (Å²) in [4.78, 5) is 12.1. The van der Waals surface area contributed by atoms with Crippen molar-refractivity contribution in [2.45, 2.75) is 12.3 Å². The van der Waals surface area contributed by atoms with Gasteiger partial charge in [0, 0.05) is 29.7 Å². The van der Waals surface area contributed by atoms with Gasteiger partial charge in [0.1, 0.15) is 0 Å². The average Bonchev–Trinajstić information content (AvgIpc) is 2.52. The summed E-state index contributed by atoms with van der Waals surface area (Å²) in [5.74, 6) is -0.0296. The lowest BCUT2D eigenvalue weighted by Gasteiger charge is -2.17. The molecular formula is C17H18ClNO2. The SMILES string of the molecule is O=C(NCC(CCO)c1ccccc1)c1ccc(Cl)cc1. The molecule has 4 heteroatoms. The Balaban J connectivity index is 1.98. The Morgan fingerprint density at radius 3 is 2.38 bits per heavy atom. The quantitative estimate of drug-likeness (QED) is 0.861. The molecule has 0 heterocycles. The fraction of sp³-hybridized carbons (Fsp3) is 0.235. The van der Waals surface area contributed by atoms with Gasteiger partial charge in [-0.25, -0.2) is 0 Å². The molecule has 1 amide bonds. The van der Waals surface area contributed by atoms with Crippen molar-refractivity contribution in [2.75, 3.05) is 13.2 Å². The first-order valence-electron chi connectivity index (χ1n) is 6.90. The van der Waals surface area contributed by atoms with Gasteiger partial charge in [-0.05, 0) is 36.2 Å². The van der Waals surface area contributed by atoms with Crippen LogP contribution in [-0.2, 0) is 0 Å². The largest absolute Gasteiger partial charge is 0.396 e. The standard InChI is InChI=1S/C17H18ClNO2/c18-16-8-6-14(7-9-16)17(21)19-12-15(10-11-20)13-4-2-1-3-5-13/h1-9,15,20H,10-12H2,(H,19,21). The van der Waals surface area contributed by atoms with Crippen molar-refractivity contribution in [1.29, 1.82) is 0 Å². The number of amides is 1. The molecule has 0 aliphatic heterocycles. The summed E-state index contributed by atoms with van der Waals surface area (Å²) in [6.07, 6.45) is 0.616. The monoisotopic (exact) mass is 303 g/mol. The second-order valence-electron chi connectivity index (χ2n) is 4.84. The molecule has 21 heavy (non-hydrogen) atoms. The van der Waals surface area contributed by atoms with Crippen LogP contribution in [0.2, 0.25) is 5.02 Å². The third-order valence-electron chi connectivity index (χ3n) is 3.36. The van der Waals surface area contributed by atoms with Crippen LogP contribution in [-0.4, -0.2) is 24.2 Å². The molecule has 1 atom stereocenters. The first-order valence-corrected chi connectivity index (χ1v) is 7.28. The zero-order valence-electron chi connectivity index (χ0n) is 11.6. The Hall–Kier alpha value is -1.84. The summed E-state index contributed by atoms with van der Waals surface area (Å²) in [6.45, 7) is 0.586. The molecule has 2 aromatic carbocycles. The fourth-order valence-corrected chi connectivity index (χ4v) is 2.31. The number of rotatable bonds is 6. The molecular weight excluding hydrogens is 286 g/mol. The molecule has 3 nitrogen and oxygen atoms in total. The maximum Gasteiger partial charge on any atom is 0.251 e. The van der Waals surface area contributed by atoms with Gasteiger partial charge in [0.05, 0.1) is 0 Å². The Morgan fingerprint density at radius 1 is 1.10 bits per heavy atom. The fourth-order valence-electron chi connectivity index (χ4n) is 2.19. The molecule has 2 aromatic rings. The summed E-state index contributed by atoms with van der Waals surface area (Å²) in [6, 6.07) is 16.7. The van der Waals surface area contributed by atoms with E-state index in [9.17, 15) is 9.90 Å². The second kappa shape index (κ2) is 7.81. The summed E-state index contributed by atoms with van der Waals surface area (Å²) in [5, 5.41) is 12.7. The average molecular weight is 304 g/mol. The third kappa shape index (κ3) is 4.59. The Kier molecular flexibility index (Phi) is 5.78. The first-order chi connectivity index (χ1) is 10.2. The minimum absolute atomic E-state index is 0.0936. The summed E-state index contributed by atoms with van der Waals surface area (Å²) < 4.78 is 0. The van der Waals surface area contributed by atoms with Crippen LogP contribution in [0.15, 0.2) is 54.6 Å². The normalized spacial score (nSPS) is 11.9. The predicted molar refractivity (Wildman–Crippen MR) is 84.7 cm³/mol. The number of carbonyl (C=O) groups is 1. The second-order valence-corrected chi connectivity index (χ2v) is 5.27. The smallest absolute Gasteiger partial charge is 0.251 e. The molecule has 0 aliphatic rings. The highest BCUT2D eigenvalue weighted by Crippen LogP contribution is 2.18. The molecule has 2 N–H and O–H groups in total. The summed E-state index contributed by atoms with van der Waals surface area (Å²) >= 11 is 5.81. The highest BCUT2D eigenvalue weighted by atomic mass is 35.5. The zero-order chi connectivity index (χ0) is 15.1. The number of hydrogen-bond acceptors (Lipinski definition) is 2. The minimum atomic E-state index is -0.134. The van der Waals surface area contributed by atoms with E-state index in [0.29, 0.717) is 23.6 Å². The summed E-state index contributed by atoms with van der Waals surface area (Å²) in [5.41, 5.74) is 1.69. The van der Waals surface area contributed by atoms with Crippen LogP contribution < -0.4 is 5.32 Å². The van der Waals surface area contributed by atoms with Gasteiger partial charge in [-0.2, -0.15) is 0 Å². The zero-order valence-corrected chi connectivity index (χ0v) is 12.4. The topological polar surface area (TPSA) is 49.3 Å². The lowest BCUT2D eigenvalue weighted by molar-refractivity contribution is 0.0949. The molecule has 1 unspecified atom stereocenters. The molecule has 0 saturated carbocycles. The number of hydrogen-bond donors (Lipinski definition) is 2. The number of nitrogens with one attached hydrogen (secondary N) is 1. The highest BCUT2D eigenvalue weighted by molar-refractivity contribution is 6.30. The van der Waals surface area contributed by atoms with Gasteiger partial charge in [-0.3, -0.25) is 4.79 Å². The van der Waals surface area contributed by atoms with E-state index in [1.54, 1.807) is 24.3 Å². The van der Waals surface area contributed by atoms with Gasteiger partial charge in [0.15, 0.2) is 0 Å². The molecule has 0 saturated heterocycles. The molecule has 0 fully saturated rings. The van der Waals surface area contributed by atoms with E-state index in [1.807, 2.05) is 30.3 Å². The molecule has 0 aliphatic carbocycles. The molecule has 0 radical (unpaired) electrons. The van der Waals surface area contributed by atoms with Crippen molar-refractivity contribution >= 4 is 17.5 Å². The van der Waals surface area contributed by atoms with Crippen LogP contribution in [0.4, 0.5) is 0 Å². The van der Waals surface area contributed by atoms with Gasteiger partial charge in [0.2, 0.25) is 0 Å². The van der Waals surface area contributed by atoms with Crippen LogP contribution in [0.1, 0.15) is 28.3 Å². The number of halogens is 1. The maximum atomic E-state index is 12.1. The van der Waals surface area contributed by atoms with Gasteiger partial charge in [-0.15, -0.1) is 0 Å². The van der Waals surface area contributed by atoms with E-state index in [-0.39, 0.29) is 18.4 Å². The minimum Gasteiger partial charge on any atom is -0.396 e. The lowest BCUT2D eigenvalue weighted by atomic mass is 9.96. The Morgan fingerprint density at radius 2 is 1.76 bits per heavy atom. The molecule has 0 bridgehead atoms. The predicted octanol–water partition coefficient (Wildman–Crippen LogP) is 3.24. The van der Waals surface area contributed by atoms with Crippen molar-refractivity contribution in [3.05, 3.63) is 70.7 Å². The van der Waals surface area contributed by atoms with E-state index in [0.717, 1.165) is 5.56 Å². The van der Waals surface area contributed by atoms with Crippen molar-refractivity contribution in [3.63, 3.8) is 0 Å². The lowest BCUT2D eigenvalue weighted by Crippen LogP contribution is -2.28. The van der Waals surface area contributed by atoms with Crippen molar-refractivity contribution < 1.29 is 9.90 Å². The molecule has 110 valence electrons. The van der Waals surface area contributed by atoms with E-state index in [4.69, 9.17) is 11.6 Å². The number of aliphatic hydroxyl groups is 1. The molecule has 0 aromatic heterocycles. The number of benzene rings is 2. The van der Waals surface area contributed by atoms with Gasteiger partial charge in [0.25, 0.3) is 5.91 Å². The van der Waals surface area contributed by atoms with E-state index in [2.05, 4.69) is 5.32 Å². The first kappa shape index (κ1) is 15.5. The van der Waals surface area contributed by atoms with Crippen LogP contribution in [0.5, 0.6) is 0 Å². The van der Waals surface area contributed by atoms with Crippen LogP contribution in [0, 0.1) is 0 Å². The number of aliphatic hydroxyl groups excluding tert-OH is 1. The Bertz CT molecular complexity index is 569. The van der Waals surface area contributed by atoms with Crippen LogP contribution in [0.3, 0.4) is 0 Å². The van der Waals surface area contributed by atoms with Gasteiger partial charge in [-0.1, -0.05) is 41.9 Å². The highest BCUT2D eigenvalue weighted by Gasteiger charge is 2.13. The molecule has 2 rings (SSSR count). The van der Waals surface area contributed by atoms with E-state index < -0.39 is 0 Å². The van der Waals surface area contributed by atoms with Gasteiger partial charge >= 0.3 is 0 Å². The maximum absolute atomic E-state index is 12.1. The van der Waals surface area contributed by atoms with Crippen molar-refractivity contribution in [3.8, 4) is 0 Å².